The van der Waals surface area contributed by atoms with Crippen LogP contribution in [0.3, 0.4) is 0 Å². The average molecular weight is 305 g/mol. The lowest BCUT2D eigenvalue weighted by Crippen LogP contribution is -2.50. The monoisotopic (exact) mass is 305 g/mol. The SMILES string of the molecule is CC(CN1CCOCC1)NS(=O)(=O)N1CCCCCC1. The predicted molar refractivity (Wildman–Crippen MR) is 78.8 cm³/mol. The van der Waals surface area contributed by atoms with E-state index in [1.54, 1.807) is 4.31 Å². The van der Waals surface area contributed by atoms with Crippen molar-refractivity contribution >= 4 is 10.2 Å². The average Bonchev–Trinajstić information content (AvgIpc) is 2.68. The molecule has 118 valence electrons. The summed E-state index contributed by atoms with van der Waals surface area (Å²) in [6, 6.07) is -0.0682. The van der Waals surface area contributed by atoms with Gasteiger partial charge in [0.05, 0.1) is 13.2 Å². The van der Waals surface area contributed by atoms with Gasteiger partial charge < -0.3 is 4.74 Å². The molecule has 0 amide bonds. The second-order valence-corrected chi connectivity index (χ2v) is 7.45. The summed E-state index contributed by atoms with van der Waals surface area (Å²) in [4.78, 5) is 2.25. The normalized spacial score (nSPS) is 25.2. The predicted octanol–water partition coefficient (Wildman–Crippen LogP) is 0.418. The molecule has 0 aromatic heterocycles. The van der Waals surface area contributed by atoms with Gasteiger partial charge in [-0.3, -0.25) is 4.90 Å². The van der Waals surface area contributed by atoms with Crippen LogP contribution in [0.2, 0.25) is 0 Å². The van der Waals surface area contributed by atoms with Crippen LogP contribution in [0.15, 0.2) is 0 Å². The molecule has 20 heavy (non-hydrogen) atoms. The highest BCUT2D eigenvalue weighted by molar-refractivity contribution is 7.87. The van der Waals surface area contributed by atoms with Crippen molar-refractivity contribution in [3.05, 3.63) is 0 Å². The van der Waals surface area contributed by atoms with Crippen LogP contribution in [0.25, 0.3) is 0 Å². The maximum absolute atomic E-state index is 12.4. The molecule has 0 aromatic carbocycles. The molecule has 0 aromatic rings. The van der Waals surface area contributed by atoms with Gasteiger partial charge in [0.2, 0.25) is 0 Å². The van der Waals surface area contributed by atoms with Crippen LogP contribution in [0.1, 0.15) is 32.6 Å². The Morgan fingerprint density at radius 2 is 1.65 bits per heavy atom. The number of hydrogen-bond acceptors (Lipinski definition) is 4. The molecule has 2 fully saturated rings. The van der Waals surface area contributed by atoms with Gasteiger partial charge in [-0.2, -0.15) is 17.4 Å². The van der Waals surface area contributed by atoms with Gasteiger partial charge in [0.1, 0.15) is 0 Å². The topological polar surface area (TPSA) is 61.9 Å². The molecular formula is C13H27N3O3S. The van der Waals surface area contributed by atoms with Crippen LogP contribution in [-0.4, -0.2) is 69.6 Å². The van der Waals surface area contributed by atoms with Crippen molar-refractivity contribution in [2.75, 3.05) is 45.9 Å². The number of ether oxygens (including phenoxy) is 1. The molecule has 0 bridgehead atoms. The van der Waals surface area contributed by atoms with Gasteiger partial charge in [-0.15, -0.1) is 0 Å². The van der Waals surface area contributed by atoms with Crippen LogP contribution in [0.4, 0.5) is 0 Å². The minimum Gasteiger partial charge on any atom is -0.379 e. The van der Waals surface area contributed by atoms with Crippen molar-refractivity contribution in [3.63, 3.8) is 0 Å². The molecule has 2 rings (SSSR count). The maximum Gasteiger partial charge on any atom is 0.279 e. The zero-order chi connectivity index (χ0) is 14.4. The fraction of sp³-hybridized carbons (Fsp3) is 1.00. The van der Waals surface area contributed by atoms with Crippen molar-refractivity contribution in [1.82, 2.24) is 13.9 Å². The molecule has 6 nitrogen and oxygen atoms in total. The van der Waals surface area contributed by atoms with Gasteiger partial charge in [0, 0.05) is 38.8 Å². The third-order valence-electron chi connectivity index (χ3n) is 3.89. The van der Waals surface area contributed by atoms with E-state index in [1.165, 1.54) is 0 Å². The first-order chi connectivity index (χ1) is 9.58. The summed E-state index contributed by atoms with van der Waals surface area (Å²) < 4.78 is 34.5. The first-order valence-corrected chi connectivity index (χ1v) is 9.09. The Morgan fingerprint density at radius 3 is 2.25 bits per heavy atom. The molecule has 2 aliphatic heterocycles. The Hall–Kier alpha value is -0.210. The Labute approximate surface area is 122 Å². The third-order valence-corrected chi connectivity index (χ3v) is 5.64. The van der Waals surface area contributed by atoms with Gasteiger partial charge in [-0.05, 0) is 19.8 Å². The van der Waals surface area contributed by atoms with Crippen LogP contribution in [-0.2, 0) is 14.9 Å². The number of morpholine rings is 1. The van der Waals surface area contributed by atoms with Crippen molar-refractivity contribution in [1.29, 1.82) is 0 Å². The summed E-state index contributed by atoms with van der Waals surface area (Å²) >= 11 is 0. The minimum atomic E-state index is -3.33. The van der Waals surface area contributed by atoms with Gasteiger partial charge in [0.25, 0.3) is 10.2 Å². The van der Waals surface area contributed by atoms with Gasteiger partial charge in [-0.1, -0.05) is 12.8 Å². The Morgan fingerprint density at radius 1 is 1.05 bits per heavy atom. The first-order valence-electron chi connectivity index (χ1n) is 7.65. The summed E-state index contributed by atoms with van der Waals surface area (Å²) in [6.45, 7) is 7.24. The van der Waals surface area contributed by atoms with Gasteiger partial charge >= 0.3 is 0 Å². The number of hydrogen-bond donors (Lipinski definition) is 1. The number of nitrogens with zero attached hydrogens (tertiary/aromatic N) is 2. The summed E-state index contributed by atoms with van der Waals surface area (Å²) in [5, 5.41) is 0. The van der Waals surface area contributed by atoms with E-state index in [0.717, 1.165) is 58.5 Å². The molecular weight excluding hydrogens is 278 g/mol. The molecule has 7 heteroatoms. The highest BCUT2D eigenvalue weighted by Gasteiger charge is 2.25. The summed E-state index contributed by atoms with van der Waals surface area (Å²) in [5.41, 5.74) is 0. The summed E-state index contributed by atoms with van der Waals surface area (Å²) in [5.74, 6) is 0. The number of nitrogens with one attached hydrogen (secondary N) is 1. The lowest BCUT2D eigenvalue weighted by Gasteiger charge is -2.30. The molecule has 2 aliphatic rings. The quantitative estimate of drug-likeness (QED) is 0.799. The van der Waals surface area contributed by atoms with E-state index in [1.807, 2.05) is 6.92 Å². The van der Waals surface area contributed by atoms with Gasteiger partial charge in [-0.25, -0.2) is 0 Å². The van der Waals surface area contributed by atoms with Crippen molar-refractivity contribution in [3.8, 4) is 0 Å². The molecule has 0 spiro atoms. The number of rotatable bonds is 5. The Balaban J connectivity index is 1.82. The van der Waals surface area contributed by atoms with Crippen molar-refractivity contribution in [2.24, 2.45) is 0 Å². The van der Waals surface area contributed by atoms with E-state index < -0.39 is 10.2 Å². The molecule has 0 saturated carbocycles. The van der Waals surface area contributed by atoms with E-state index in [-0.39, 0.29) is 6.04 Å². The van der Waals surface area contributed by atoms with Gasteiger partial charge in [0.15, 0.2) is 0 Å². The summed E-state index contributed by atoms with van der Waals surface area (Å²) in [6.07, 6.45) is 4.21. The second kappa shape index (κ2) is 7.70. The van der Waals surface area contributed by atoms with Crippen LogP contribution in [0.5, 0.6) is 0 Å². The molecule has 2 heterocycles. The molecule has 0 radical (unpaired) electrons. The van der Waals surface area contributed by atoms with E-state index >= 15 is 0 Å². The highest BCUT2D eigenvalue weighted by Crippen LogP contribution is 2.12. The molecule has 1 N–H and O–H groups in total. The van der Waals surface area contributed by atoms with Crippen LogP contribution < -0.4 is 4.72 Å². The first kappa shape index (κ1) is 16.2. The Bertz CT molecular complexity index is 374. The fourth-order valence-corrected chi connectivity index (χ4v) is 4.29. The van der Waals surface area contributed by atoms with Crippen LogP contribution in [0, 0.1) is 0 Å². The molecule has 2 saturated heterocycles. The van der Waals surface area contributed by atoms with Crippen LogP contribution >= 0.6 is 0 Å². The standard InChI is InChI=1S/C13H27N3O3S/c1-13(12-15-8-10-19-11-9-15)14-20(17,18)16-6-4-2-3-5-7-16/h13-14H,2-12H2,1H3. The van der Waals surface area contributed by atoms with E-state index in [2.05, 4.69) is 9.62 Å². The largest absolute Gasteiger partial charge is 0.379 e. The minimum absolute atomic E-state index is 0.0682. The molecule has 1 atom stereocenters. The second-order valence-electron chi connectivity index (χ2n) is 5.75. The molecule has 1 unspecified atom stereocenters. The van der Waals surface area contributed by atoms with E-state index in [4.69, 9.17) is 4.74 Å². The summed E-state index contributed by atoms with van der Waals surface area (Å²) in [7, 11) is -3.33. The molecule has 0 aliphatic carbocycles. The lowest BCUT2D eigenvalue weighted by molar-refractivity contribution is 0.0353. The van der Waals surface area contributed by atoms with E-state index in [0.29, 0.717) is 13.1 Å². The van der Waals surface area contributed by atoms with Crippen molar-refractivity contribution < 1.29 is 13.2 Å². The van der Waals surface area contributed by atoms with Crippen molar-refractivity contribution in [2.45, 2.75) is 38.6 Å². The zero-order valence-corrected chi connectivity index (χ0v) is 13.2. The third kappa shape index (κ3) is 4.96. The fourth-order valence-electron chi connectivity index (χ4n) is 2.82. The zero-order valence-electron chi connectivity index (χ0n) is 12.4. The van der Waals surface area contributed by atoms with E-state index in [9.17, 15) is 8.42 Å². The smallest absolute Gasteiger partial charge is 0.279 e. The Kier molecular flexibility index (Phi) is 6.22. The lowest BCUT2D eigenvalue weighted by atomic mass is 10.2. The maximum atomic E-state index is 12.4. The highest BCUT2D eigenvalue weighted by atomic mass is 32.2.